The third kappa shape index (κ3) is 3.07. The van der Waals surface area contributed by atoms with Crippen molar-refractivity contribution in [3.05, 3.63) is 34.3 Å². The molecule has 0 saturated heterocycles. The van der Waals surface area contributed by atoms with Crippen molar-refractivity contribution in [2.75, 3.05) is 6.54 Å². The molecule has 1 aromatic carbocycles. The topological polar surface area (TPSA) is 12.0 Å². The van der Waals surface area contributed by atoms with Crippen molar-refractivity contribution in [2.24, 2.45) is 17.8 Å². The van der Waals surface area contributed by atoms with Gasteiger partial charge in [-0.2, -0.15) is 0 Å². The molecular weight excluding hydrogens is 242 g/mol. The smallest absolute Gasteiger partial charge is 0.0438 e. The van der Waals surface area contributed by atoms with Crippen LogP contribution in [0.2, 0.25) is 5.02 Å². The Bertz CT molecular complexity index is 409. The monoisotopic (exact) mass is 263 g/mol. The largest absolute Gasteiger partial charge is 0.312 e. The number of benzene rings is 1. The van der Waals surface area contributed by atoms with Crippen molar-refractivity contribution < 1.29 is 0 Å². The third-order valence-corrected chi connectivity index (χ3v) is 4.81. The normalized spacial score (nSPS) is 19.5. The van der Waals surface area contributed by atoms with Crippen molar-refractivity contribution in [3.63, 3.8) is 0 Å². The van der Waals surface area contributed by atoms with Crippen LogP contribution in [0, 0.1) is 24.7 Å². The molecule has 2 aliphatic carbocycles. The van der Waals surface area contributed by atoms with Gasteiger partial charge < -0.3 is 5.32 Å². The number of rotatable bonds is 6. The van der Waals surface area contributed by atoms with Crippen LogP contribution >= 0.6 is 11.6 Å². The highest BCUT2D eigenvalue weighted by molar-refractivity contribution is 6.31. The molecule has 1 aromatic rings. The van der Waals surface area contributed by atoms with Crippen molar-refractivity contribution in [2.45, 2.75) is 39.2 Å². The second-order valence-electron chi connectivity index (χ2n) is 6.05. The van der Waals surface area contributed by atoms with Gasteiger partial charge in [0, 0.05) is 11.6 Å². The molecule has 18 heavy (non-hydrogen) atoms. The molecule has 0 aromatic heterocycles. The molecule has 0 atom stereocenters. The van der Waals surface area contributed by atoms with E-state index in [0.29, 0.717) is 0 Å². The summed E-state index contributed by atoms with van der Waals surface area (Å²) in [7, 11) is 0. The standard InChI is InChI=1S/C16H22ClN/c1-11-2-3-12(8-16(11)17)9-18-10-15(13-4-5-13)14-6-7-14/h2-3,8,13-15,18H,4-7,9-10H2,1H3. The molecule has 0 bridgehead atoms. The SMILES string of the molecule is Cc1ccc(CNCC(C2CC2)C2CC2)cc1Cl. The molecule has 0 unspecified atom stereocenters. The molecular formula is C16H22ClN. The lowest BCUT2D eigenvalue weighted by Gasteiger charge is -2.16. The highest BCUT2D eigenvalue weighted by atomic mass is 35.5. The molecule has 0 amide bonds. The molecule has 0 radical (unpaired) electrons. The lowest BCUT2D eigenvalue weighted by Crippen LogP contribution is -2.25. The molecule has 1 nitrogen and oxygen atoms in total. The summed E-state index contributed by atoms with van der Waals surface area (Å²) >= 11 is 6.15. The van der Waals surface area contributed by atoms with Crippen LogP contribution in [0.15, 0.2) is 18.2 Å². The van der Waals surface area contributed by atoms with Gasteiger partial charge in [-0.1, -0.05) is 23.7 Å². The fraction of sp³-hybridized carbons (Fsp3) is 0.625. The zero-order valence-electron chi connectivity index (χ0n) is 11.1. The van der Waals surface area contributed by atoms with Gasteiger partial charge in [-0.3, -0.25) is 0 Å². The van der Waals surface area contributed by atoms with Crippen molar-refractivity contribution in [1.29, 1.82) is 0 Å². The van der Waals surface area contributed by atoms with E-state index < -0.39 is 0 Å². The number of hydrogen-bond acceptors (Lipinski definition) is 1. The van der Waals surface area contributed by atoms with Gasteiger partial charge in [0.25, 0.3) is 0 Å². The maximum atomic E-state index is 6.15. The molecule has 2 saturated carbocycles. The Morgan fingerprint density at radius 2 is 1.89 bits per heavy atom. The minimum absolute atomic E-state index is 0.884. The van der Waals surface area contributed by atoms with Crippen molar-refractivity contribution >= 4 is 11.6 Å². The summed E-state index contributed by atoms with van der Waals surface area (Å²) in [6.07, 6.45) is 5.89. The van der Waals surface area contributed by atoms with Crippen LogP contribution in [0.25, 0.3) is 0 Å². The van der Waals surface area contributed by atoms with Gasteiger partial charge in [0.15, 0.2) is 0 Å². The first kappa shape index (κ1) is 12.5. The van der Waals surface area contributed by atoms with Gasteiger partial charge in [0.1, 0.15) is 0 Å². The lowest BCUT2D eigenvalue weighted by atomic mass is 9.98. The lowest BCUT2D eigenvalue weighted by molar-refractivity contribution is 0.378. The zero-order valence-corrected chi connectivity index (χ0v) is 11.8. The van der Waals surface area contributed by atoms with Gasteiger partial charge in [-0.05, 0) is 74.1 Å². The fourth-order valence-electron chi connectivity index (χ4n) is 2.90. The van der Waals surface area contributed by atoms with Gasteiger partial charge in [-0.25, -0.2) is 0 Å². The Labute approximate surface area is 115 Å². The van der Waals surface area contributed by atoms with E-state index in [1.54, 1.807) is 0 Å². The molecule has 0 heterocycles. The molecule has 98 valence electrons. The van der Waals surface area contributed by atoms with E-state index in [2.05, 4.69) is 30.4 Å². The van der Waals surface area contributed by atoms with E-state index in [1.165, 1.54) is 37.8 Å². The average molecular weight is 264 g/mol. The summed E-state index contributed by atoms with van der Waals surface area (Å²) in [6.45, 7) is 4.20. The van der Waals surface area contributed by atoms with Gasteiger partial charge in [-0.15, -0.1) is 0 Å². The summed E-state index contributed by atoms with van der Waals surface area (Å²) in [5.74, 6) is 3.02. The average Bonchev–Trinajstić information content (AvgIpc) is 3.22. The van der Waals surface area contributed by atoms with E-state index in [1.807, 2.05) is 0 Å². The Balaban J connectivity index is 1.49. The Morgan fingerprint density at radius 3 is 2.44 bits per heavy atom. The predicted molar refractivity (Wildman–Crippen MR) is 76.8 cm³/mol. The third-order valence-electron chi connectivity index (χ3n) is 4.40. The van der Waals surface area contributed by atoms with Crippen molar-refractivity contribution in [3.8, 4) is 0 Å². The first-order chi connectivity index (χ1) is 8.74. The first-order valence-electron chi connectivity index (χ1n) is 7.20. The highest BCUT2D eigenvalue weighted by Gasteiger charge is 2.40. The van der Waals surface area contributed by atoms with Gasteiger partial charge in [0.05, 0.1) is 0 Å². The maximum absolute atomic E-state index is 6.15. The second-order valence-corrected chi connectivity index (χ2v) is 6.46. The molecule has 3 rings (SSSR count). The Hall–Kier alpha value is -0.530. The van der Waals surface area contributed by atoms with Gasteiger partial charge in [0.2, 0.25) is 0 Å². The molecule has 1 N–H and O–H groups in total. The van der Waals surface area contributed by atoms with Crippen LogP contribution in [0.1, 0.15) is 36.8 Å². The summed E-state index contributed by atoms with van der Waals surface area (Å²) in [5, 5.41) is 4.52. The molecule has 0 aliphatic heterocycles. The summed E-state index contributed by atoms with van der Waals surface area (Å²) < 4.78 is 0. The molecule has 2 fully saturated rings. The summed E-state index contributed by atoms with van der Waals surface area (Å²) in [6, 6.07) is 6.38. The number of hydrogen-bond donors (Lipinski definition) is 1. The van der Waals surface area contributed by atoms with E-state index in [0.717, 1.165) is 34.9 Å². The zero-order chi connectivity index (χ0) is 12.5. The Kier molecular flexibility index (Phi) is 3.63. The second kappa shape index (κ2) is 5.22. The highest BCUT2D eigenvalue weighted by Crippen LogP contribution is 2.48. The van der Waals surface area contributed by atoms with Crippen LogP contribution < -0.4 is 5.32 Å². The molecule has 2 aliphatic rings. The van der Waals surface area contributed by atoms with Crippen molar-refractivity contribution in [1.82, 2.24) is 5.32 Å². The van der Waals surface area contributed by atoms with E-state index in [4.69, 9.17) is 11.6 Å². The number of nitrogens with one attached hydrogen (secondary N) is 1. The summed E-state index contributed by atoms with van der Waals surface area (Å²) in [5.41, 5.74) is 2.46. The minimum atomic E-state index is 0.884. The van der Waals surface area contributed by atoms with Crippen LogP contribution in [0.5, 0.6) is 0 Å². The van der Waals surface area contributed by atoms with Crippen LogP contribution in [0.3, 0.4) is 0 Å². The first-order valence-corrected chi connectivity index (χ1v) is 7.57. The minimum Gasteiger partial charge on any atom is -0.312 e. The quantitative estimate of drug-likeness (QED) is 0.812. The number of aryl methyl sites for hydroxylation is 1. The van der Waals surface area contributed by atoms with Crippen LogP contribution in [-0.2, 0) is 6.54 Å². The molecule has 0 spiro atoms. The van der Waals surface area contributed by atoms with Gasteiger partial charge >= 0.3 is 0 Å². The fourth-order valence-corrected chi connectivity index (χ4v) is 3.10. The molecule has 2 heteroatoms. The van der Waals surface area contributed by atoms with Crippen LogP contribution in [-0.4, -0.2) is 6.54 Å². The number of halogens is 1. The maximum Gasteiger partial charge on any atom is 0.0438 e. The van der Waals surface area contributed by atoms with Crippen LogP contribution in [0.4, 0.5) is 0 Å². The summed E-state index contributed by atoms with van der Waals surface area (Å²) in [4.78, 5) is 0. The predicted octanol–water partition coefficient (Wildman–Crippen LogP) is 4.17. The van der Waals surface area contributed by atoms with E-state index in [9.17, 15) is 0 Å². The van der Waals surface area contributed by atoms with E-state index >= 15 is 0 Å². The van der Waals surface area contributed by atoms with E-state index in [-0.39, 0.29) is 0 Å². The Morgan fingerprint density at radius 1 is 1.22 bits per heavy atom.